The molecule has 0 aliphatic carbocycles. The smallest absolute Gasteiger partial charge is 0.234 e. The van der Waals surface area contributed by atoms with Gasteiger partial charge in [-0.1, -0.05) is 119 Å². The zero-order valence-electron chi connectivity index (χ0n) is 23.9. The molecule has 6 heteroatoms. The number of rotatable bonds is 19. The van der Waals surface area contributed by atoms with Gasteiger partial charge < -0.3 is 27.0 Å². The number of thiazole rings is 1. The molecule has 1 N–H and O–H groups in total. The third kappa shape index (κ3) is 13.1. The molecule has 0 atom stereocenters. The fourth-order valence-electron chi connectivity index (χ4n) is 4.72. The number of halogens is 1. The van der Waals surface area contributed by atoms with E-state index in [1.807, 2.05) is 42.5 Å². The summed E-state index contributed by atoms with van der Waals surface area (Å²) in [6, 6.07) is 16.0. The lowest BCUT2D eigenvalue weighted by Crippen LogP contribution is -3.00. The Kier molecular flexibility index (Phi) is 16.8. The van der Waals surface area contributed by atoms with Gasteiger partial charge in [0, 0.05) is 12.5 Å². The van der Waals surface area contributed by atoms with Crippen LogP contribution in [0.5, 0.6) is 5.75 Å². The van der Waals surface area contributed by atoms with Gasteiger partial charge in [-0.05, 0) is 30.2 Å². The predicted molar refractivity (Wildman–Crippen MR) is 160 cm³/mol. The molecule has 4 nitrogen and oxygen atoms in total. The number of aryl methyl sites for hydroxylation is 1. The van der Waals surface area contributed by atoms with Crippen molar-refractivity contribution in [2.45, 2.75) is 104 Å². The van der Waals surface area contributed by atoms with Crippen molar-refractivity contribution in [3.05, 3.63) is 76.2 Å². The Balaban J connectivity index is 0.00000533. The summed E-state index contributed by atoms with van der Waals surface area (Å²) in [4.78, 5) is 12.7. The number of carbonyl (C=O) groups is 1. The second kappa shape index (κ2) is 19.8. The van der Waals surface area contributed by atoms with E-state index in [2.05, 4.69) is 41.4 Å². The Morgan fingerprint density at radius 1 is 0.846 bits per heavy atom. The van der Waals surface area contributed by atoms with E-state index >= 15 is 0 Å². The van der Waals surface area contributed by atoms with Gasteiger partial charge in [0.1, 0.15) is 5.75 Å². The number of carbonyl (C=O) groups excluding carboxylic acids is 1. The van der Waals surface area contributed by atoms with Crippen molar-refractivity contribution in [1.82, 2.24) is 0 Å². The summed E-state index contributed by atoms with van der Waals surface area (Å²) in [6.45, 7) is 5.89. The Bertz CT molecular complexity index is 1070. The second-order valence-corrected chi connectivity index (χ2v) is 11.4. The summed E-state index contributed by atoms with van der Waals surface area (Å²) < 4.78 is 8.13. The molecule has 0 bridgehead atoms. The molecule has 3 aromatic rings. The fourth-order valence-corrected chi connectivity index (χ4v) is 5.38. The topological polar surface area (TPSA) is 42.2 Å². The summed E-state index contributed by atoms with van der Waals surface area (Å²) in [6.07, 6.45) is 18.6. The van der Waals surface area contributed by atoms with Gasteiger partial charge in [0.2, 0.25) is 10.9 Å². The Morgan fingerprint density at radius 3 is 2.08 bits per heavy atom. The number of hydrogen-bond donors (Lipinski definition) is 1. The molecule has 0 radical (unpaired) electrons. The first-order valence-corrected chi connectivity index (χ1v) is 15.6. The van der Waals surface area contributed by atoms with Crippen molar-refractivity contribution in [2.24, 2.45) is 0 Å². The maximum absolute atomic E-state index is 12.7. The number of ether oxygens (including phenoxy) is 1. The van der Waals surface area contributed by atoms with Crippen LogP contribution in [0.2, 0.25) is 0 Å². The minimum atomic E-state index is -0.00495. The van der Waals surface area contributed by atoms with Gasteiger partial charge in [-0.3, -0.25) is 4.79 Å². The van der Waals surface area contributed by atoms with Gasteiger partial charge in [-0.25, -0.2) is 0 Å². The molecule has 3 rings (SSSR count). The van der Waals surface area contributed by atoms with Gasteiger partial charge >= 0.3 is 0 Å². The maximum atomic E-state index is 12.7. The fraction of sp³-hybridized carbons (Fsp3) is 0.515. The number of para-hydroxylation sites is 1. The van der Waals surface area contributed by atoms with E-state index in [0.29, 0.717) is 6.42 Å². The molecule has 0 saturated heterocycles. The molecular formula is C33H47BrN2O2S. The van der Waals surface area contributed by atoms with E-state index in [9.17, 15) is 4.79 Å². The van der Waals surface area contributed by atoms with Crippen LogP contribution in [-0.2, 0) is 17.8 Å². The van der Waals surface area contributed by atoms with Crippen molar-refractivity contribution in [3.8, 4) is 5.75 Å². The van der Waals surface area contributed by atoms with Crippen molar-refractivity contribution >= 4 is 22.9 Å². The van der Waals surface area contributed by atoms with E-state index in [1.165, 1.54) is 75.6 Å². The van der Waals surface area contributed by atoms with E-state index in [0.717, 1.165) is 42.1 Å². The third-order valence-corrected chi connectivity index (χ3v) is 7.90. The Labute approximate surface area is 251 Å². The number of unbranched alkanes of at least 4 members (excludes halogenated alkanes) is 11. The molecule has 1 heterocycles. The van der Waals surface area contributed by atoms with Crippen molar-refractivity contribution < 1.29 is 31.1 Å². The highest BCUT2D eigenvalue weighted by Gasteiger charge is 2.13. The molecule has 0 spiro atoms. The SMILES string of the molecule is CCCCCCCCCCCCCCOc1ccc(CC(=O)Nc2ccccc2C[n+]2ccsc2C)cc1.[Br-]. The highest BCUT2D eigenvalue weighted by Crippen LogP contribution is 2.18. The van der Waals surface area contributed by atoms with Gasteiger partial charge in [-0.2, -0.15) is 4.57 Å². The number of benzene rings is 2. The number of nitrogens with zero attached hydrogens (tertiary/aromatic N) is 1. The van der Waals surface area contributed by atoms with Gasteiger partial charge in [0.15, 0.2) is 12.7 Å². The number of nitrogens with one attached hydrogen (secondary N) is 1. The van der Waals surface area contributed by atoms with Crippen molar-refractivity contribution in [3.63, 3.8) is 0 Å². The molecule has 0 aliphatic rings. The lowest BCUT2D eigenvalue weighted by atomic mass is 10.1. The number of anilines is 1. The first kappa shape index (κ1) is 33.0. The van der Waals surface area contributed by atoms with E-state index in [1.54, 1.807) is 11.3 Å². The van der Waals surface area contributed by atoms with Crippen LogP contribution in [0.4, 0.5) is 5.69 Å². The summed E-state index contributed by atoms with van der Waals surface area (Å²) in [5.41, 5.74) is 2.97. The minimum Gasteiger partial charge on any atom is -1.00 e. The van der Waals surface area contributed by atoms with Crippen LogP contribution in [0.1, 0.15) is 100 Å². The Morgan fingerprint density at radius 2 is 1.46 bits per heavy atom. The molecule has 0 aliphatic heterocycles. The standard InChI is InChI=1S/C33H46N2O2S.BrH/c1-3-4-5-6-7-8-9-10-11-12-13-16-24-37-31-21-19-29(20-22-31)26-33(36)34-32-18-15-14-17-30(32)27-35-23-25-38-28(35)2;/h14-15,17-23,25H,3-13,16,24,26-27H2,1-2H3;1H. The Hall–Kier alpha value is -2.18. The third-order valence-electron chi connectivity index (χ3n) is 7.07. The molecule has 0 unspecified atom stereocenters. The van der Waals surface area contributed by atoms with Gasteiger partial charge in [0.05, 0.1) is 24.1 Å². The minimum absolute atomic E-state index is 0. The van der Waals surface area contributed by atoms with E-state index in [4.69, 9.17) is 4.74 Å². The highest BCUT2D eigenvalue weighted by atomic mass is 79.9. The first-order chi connectivity index (χ1) is 18.7. The molecule has 1 aromatic heterocycles. The average Bonchev–Trinajstić information content (AvgIpc) is 3.33. The summed E-state index contributed by atoms with van der Waals surface area (Å²) in [5.74, 6) is 0.875. The highest BCUT2D eigenvalue weighted by molar-refractivity contribution is 7.09. The van der Waals surface area contributed by atoms with Gasteiger partial charge in [-0.15, -0.1) is 0 Å². The molecule has 0 saturated carbocycles. The van der Waals surface area contributed by atoms with Crippen LogP contribution in [0.15, 0.2) is 60.1 Å². The summed E-state index contributed by atoms with van der Waals surface area (Å²) >= 11 is 1.72. The van der Waals surface area contributed by atoms with E-state index in [-0.39, 0.29) is 22.9 Å². The predicted octanol–water partition coefficient (Wildman–Crippen LogP) is 5.66. The van der Waals surface area contributed by atoms with Crippen LogP contribution >= 0.6 is 11.3 Å². The number of amides is 1. The molecule has 2 aromatic carbocycles. The van der Waals surface area contributed by atoms with Crippen LogP contribution in [0, 0.1) is 6.92 Å². The first-order valence-electron chi connectivity index (χ1n) is 14.7. The zero-order chi connectivity index (χ0) is 26.8. The zero-order valence-corrected chi connectivity index (χ0v) is 26.3. The largest absolute Gasteiger partial charge is 1.00 e. The number of aromatic nitrogens is 1. The van der Waals surface area contributed by atoms with Crippen LogP contribution in [-0.4, -0.2) is 12.5 Å². The molecule has 0 fully saturated rings. The quantitative estimate of drug-likeness (QED) is 0.140. The van der Waals surface area contributed by atoms with Crippen LogP contribution in [0.3, 0.4) is 0 Å². The van der Waals surface area contributed by atoms with Crippen LogP contribution < -0.4 is 31.6 Å². The molecule has 1 amide bonds. The van der Waals surface area contributed by atoms with Crippen molar-refractivity contribution in [1.29, 1.82) is 0 Å². The van der Waals surface area contributed by atoms with Crippen molar-refractivity contribution in [2.75, 3.05) is 11.9 Å². The molecule has 214 valence electrons. The second-order valence-electron chi connectivity index (χ2n) is 10.3. The lowest BCUT2D eigenvalue weighted by Gasteiger charge is -2.10. The summed E-state index contributed by atoms with van der Waals surface area (Å²) in [7, 11) is 0. The average molecular weight is 616 g/mol. The maximum Gasteiger partial charge on any atom is 0.234 e. The normalized spacial score (nSPS) is 10.7. The molecule has 39 heavy (non-hydrogen) atoms. The number of hydrogen-bond acceptors (Lipinski definition) is 3. The molecular weight excluding hydrogens is 568 g/mol. The monoisotopic (exact) mass is 614 g/mol. The van der Waals surface area contributed by atoms with Gasteiger partial charge in [0.25, 0.3) is 0 Å². The summed E-state index contributed by atoms with van der Waals surface area (Å²) in [5, 5.41) is 6.43. The lowest BCUT2D eigenvalue weighted by molar-refractivity contribution is -0.689. The van der Waals surface area contributed by atoms with Crippen LogP contribution in [0.25, 0.3) is 0 Å². The van der Waals surface area contributed by atoms with E-state index < -0.39 is 0 Å².